The van der Waals surface area contributed by atoms with Gasteiger partial charge in [0.2, 0.25) is 0 Å². The van der Waals surface area contributed by atoms with Crippen molar-refractivity contribution in [2.75, 3.05) is 6.67 Å². The monoisotopic (exact) mass is 147 g/mol. The second kappa shape index (κ2) is 2.23. The molecule has 0 saturated carbocycles. The maximum Gasteiger partial charge on any atom is 0.168 e. The molecule has 0 bridgehead atoms. The van der Waals surface area contributed by atoms with E-state index in [0.29, 0.717) is 12.4 Å². The number of nitrogens with zero attached hydrogens (tertiary/aromatic N) is 3. The maximum atomic E-state index is 10.4. The summed E-state index contributed by atoms with van der Waals surface area (Å²) in [5, 5.41) is 0. The molecule has 0 fully saturated rings. The predicted molar refractivity (Wildman–Crippen MR) is 42.4 cm³/mol. The minimum atomic E-state index is 0.340. The topological polar surface area (TPSA) is 54.1 Å². The molecule has 4 nitrogen and oxygen atoms in total. The molecule has 0 atom stereocenters. The molecule has 4 heteroatoms. The molecule has 2 heterocycles. The number of allylic oxidation sites excluding steroid dienone is 1. The van der Waals surface area contributed by atoms with Gasteiger partial charge in [0, 0.05) is 11.8 Å². The minimum Gasteiger partial charge on any atom is -0.296 e. The van der Waals surface area contributed by atoms with Crippen LogP contribution in [0.5, 0.6) is 0 Å². The average Bonchev–Trinajstić information content (AvgIpc) is 2.50. The second-order valence-electron chi connectivity index (χ2n) is 2.17. The van der Waals surface area contributed by atoms with Crippen LogP contribution in [0.2, 0.25) is 0 Å². The molecule has 0 saturated heterocycles. The summed E-state index contributed by atoms with van der Waals surface area (Å²) >= 11 is 0. The Morgan fingerprint density at radius 2 is 2.36 bits per heavy atom. The van der Waals surface area contributed by atoms with Gasteiger partial charge in [0.25, 0.3) is 0 Å². The van der Waals surface area contributed by atoms with Crippen molar-refractivity contribution in [1.82, 2.24) is 0 Å². The molecule has 0 aromatic carbocycles. The zero-order valence-electron chi connectivity index (χ0n) is 5.69. The first-order valence-corrected chi connectivity index (χ1v) is 3.20. The third kappa shape index (κ3) is 0.832. The summed E-state index contributed by atoms with van der Waals surface area (Å²) in [4.78, 5) is 22.2. The minimum absolute atomic E-state index is 0.340. The van der Waals surface area contributed by atoms with Crippen LogP contribution in [0.15, 0.2) is 26.8 Å². The van der Waals surface area contributed by atoms with E-state index >= 15 is 0 Å². The van der Waals surface area contributed by atoms with E-state index in [4.69, 9.17) is 0 Å². The summed E-state index contributed by atoms with van der Waals surface area (Å²) < 4.78 is 0. The van der Waals surface area contributed by atoms with E-state index in [1.807, 2.05) is 0 Å². The van der Waals surface area contributed by atoms with E-state index in [2.05, 4.69) is 15.0 Å². The van der Waals surface area contributed by atoms with Gasteiger partial charge in [0.15, 0.2) is 6.29 Å². The van der Waals surface area contributed by atoms with Gasteiger partial charge in [-0.25, -0.2) is 0 Å². The highest BCUT2D eigenvalue weighted by molar-refractivity contribution is 6.56. The van der Waals surface area contributed by atoms with Gasteiger partial charge in [-0.1, -0.05) is 0 Å². The summed E-state index contributed by atoms with van der Waals surface area (Å²) in [6.07, 6.45) is 3.97. The molecule has 0 radical (unpaired) electrons. The summed E-state index contributed by atoms with van der Waals surface area (Å²) in [5.41, 5.74) is 1.96. The highest BCUT2D eigenvalue weighted by atomic mass is 16.1. The van der Waals surface area contributed by atoms with Crippen LogP contribution in [0.3, 0.4) is 0 Å². The Labute approximate surface area is 63.1 Å². The lowest BCUT2D eigenvalue weighted by atomic mass is 10.1. The fourth-order valence-electron chi connectivity index (χ4n) is 1.02. The first-order valence-electron chi connectivity index (χ1n) is 3.20. The predicted octanol–water partition coefficient (Wildman–Crippen LogP) is 0.00670. The van der Waals surface area contributed by atoms with Gasteiger partial charge in [-0.2, -0.15) is 0 Å². The van der Waals surface area contributed by atoms with Crippen molar-refractivity contribution in [2.45, 2.75) is 0 Å². The lowest BCUT2D eigenvalue weighted by Gasteiger charge is -2.05. The number of hydrogen-bond donors (Lipinski definition) is 0. The van der Waals surface area contributed by atoms with Gasteiger partial charge in [0.1, 0.15) is 12.4 Å². The van der Waals surface area contributed by atoms with E-state index < -0.39 is 0 Å². The first-order chi connectivity index (χ1) is 5.42. The van der Waals surface area contributed by atoms with Crippen molar-refractivity contribution in [2.24, 2.45) is 15.0 Å². The number of rotatable bonds is 1. The molecule has 0 unspecified atom stereocenters. The summed E-state index contributed by atoms with van der Waals surface area (Å²) in [7, 11) is 0. The molecule has 0 aromatic heterocycles. The number of hydrogen-bond acceptors (Lipinski definition) is 4. The van der Waals surface area contributed by atoms with Gasteiger partial charge in [-0.05, 0) is 0 Å². The standard InChI is InChI=1S/C7H5N3O/c11-3-7-5-1-8-2-6(5)9-4-10-7/h1-3H,4H2. The van der Waals surface area contributed by atoms with Crippen molar-refractivity contribution >= 4 is 23.9 Å². The Hall–Kier alpha value is -1.58. The number of carbonyl (C=O) groups is 1. The molecular formula is C7H5N3O. The Morgan fingerprint density at radius 3 is 3.18 bits per heavy atom. The summed E-state index contributed by atoms with van der Waals surface area (Å²) in [6, 6.07) is 0. The smallest absolute Gasteiger partial charge is 0.168 e. The Bertz CT molecular complexity index is 323. The zero-order valence-corrected chi connectivity index (χ0v) is 5.69. The molecule has 2 aliphatic heterocycles. The van der Waals surface area contributed by atoms with Crippen LogP contribution < -0.4 is 0 Å². The Kier molecular flexibility index (Phi) is 1.25. The summed E-state index contributed by atoms with van der Waals surface area (Å²) in [6.45, 7) is 0.340. The molecule has 0 N–H and O–H groups in total. The van der Waals surface area contributed by atoms with Crippen molar-refractivity contribution in [3.8, 4) is 0 Å². The van der Waals surface area contributed by atoms with Crippen LogP contribution in [0.1, 0.15) is 0 Å². The van der Waals surface area contributed by atoms with Crippen LogP contribution >= 0.6 is 0 Å². The quantitative estimate of drug-likeness (QED) is 0.482. The fraction of sp³-hybridized carbons (Fsp3) is 0.143. The molecule has 0 amide bonds. The number of fused-ring (bicyclic) bond motifs is 1. The third-order valence-electron chi connectivity index (χ3n) is 1.55. The van der Waals surface area contributed by atoms with Crippen molar-refractivity contribution in [3.05, 3.63) is 11.8 Å². The SMILES string of the molecule is O=CC1=NCN=C2C=NC=C12. The van der Waals surface area contributed by atoms with Gasteiger partial charge in [-0.3, -0.25) is 19.8 Å². The molecule has 2 rings (SSSR count). The lowest BCUT2D eigenvalue weighted by molar-refractivity contribution is -0.102. The van der Waals surface area contributed by atoms with Gasteiger partial charge in [-0.15, -0.1) is 0 Å². The van der Waals surface area contributed by atoms with Crippen LogP contribution in [0.4, 0.5) is 0 Å². The van der Waals surface area contributed by atoms with Crippen molar-refractivity contribution in [1.29, 1.82) is 0 Å². The molecule has 0 aromatic rings. The number of aliphatic imine (C=N–C) groups is 3. The molecule has 0 spiro atoms. The Morgan fingerprint density at radius 1 is 1.45 bits per heavy atom. The molecule has 2 aliphatic rings. The van der Waals surface area contributed by atoms with Crippen LogP contribution in [0, 0.1) is 0 Å². The molecule has 54 valence electrons. The van der Waals surface area contributed by atoms with E-state index in [-0.39, 0.29) is 0 Å². The first kappa shape index (κ1) is 6.15. The zero-order chi connectivity index (χ0) is 7.68. The van der Waals surface area contributed by atoms with Crippen LogP contribution in [-0.2, 0) is 4.79 Å². The van der Waals surface area contributed by atoms with Crippen molar-refractivity contribution < 1.29 is 4.79 Å². The second-order valence-corrected chi connectivity index (χ2v) is 2.17. The number of carbonyl (C=O) groups excluding carboxylic acids is 1. The van der Waals surface area contributed by atoms with Gasteiger partial charge >= 0.3 is 0 Å². The largest absolute Gasteiger partial charge is 0.296 e. The van der Waals surface area contributed by atoms with Gasteiger partial charge in [0.05, 0.1) is 11.9 Å². The highest BCUT2D eigenvalue weighted by Gasteiger charge is 2.17. The lowest BCUT2D eigenvalue weighted by Crippen LogP contribution is -2.17. The van der Waals surface area contributed by atoms with E-state index in [0.717, 1.165) is 17.6 Å². The molecule has 0 aliphatic carbocycles. The average molecular weight is 147 g/mol. The van der Waals surface area contributed by atoms with Crippen LogP contribution in [0.25, 0.3) is 0 Å². The summed E-state index contributed by atoms with van der Waals surface area (Å²) in [5.74, 6) is 0. The normalized spacial score (nSPS) is 20.2. The Balaban J connectivity index is 2.44. The van der Waals surface area contributed by atoms with Crippen molar-refractivity contribution in [3.63, 3.8) is 0 Å². The third-order valence-corrected chi connectivity index (χ3v) is 1.55. The fourth-order valence-corrected chi connectivity index (χ4v) is 1.02. The van der Waals surface area contributed by atoms with E-state index in [9.17, 15) is 4.79 Å². The maximum absolute atomic E-state index is 10.4. The van der Waals surface area contributed by atoms with Gasteiger partial charge < -0.3 is 0 Å². The molecule has 11 heavy (non-hydrogen) atoms. The molecular weight excluding hydrogens is 142 g/mol. The van der Waals surface area contributed by atoms with Crippen LogP contribution in [-0.4, -0.2) is 30.6 Å². The highest BCUT2D eigenvalue weighted by Crippen LogP contribution is 2.10. The van der Waals surface area contributed by atoms with E-state index in [1.165, 1.54) is 0 Å². The van der Waals surface area contributed by atoms with E-state index in [1.54, 1.807) is 12.4 Å². The number of aldehydes is 1.